The third-order valence-electron chi connectivity index (χ3n) is 3.14. The summed E-state index contributed by atoms with van der Waals surface area (Å²) in [5.74, 6) is 0.497. The number of ether oxygens (including phenoxy) is 2. The maximum absolute atomic E-state index is 11.6. The molecule has 0 saturated carbocycles. The van der Waals surface area contributed by atoms with Crippen molar-refractivity contribution in [3.63, 3.8) is 0 Å². The Morgan fingerprint density at radius 2 is 1.60 bits per heavy atom. The van der Waals surface area contributed by atoms with Gasteiger partial charge < -0.3 is 10.9 Å². The molecule has 0 aromatic heterocycles. The Labute approximate surface area is 176 Å². The zero-order valence-electron chi connectivity index (χ0n) is 15.8. The van der Waals surface area contributed by atoms with Gasteiger partial charge in [0.05, 0.1) is 18.1 Å². The predicted molar refractivity (Wildman–Crippen MR) is 95.0 cm³/mol. The molecule has 0 unspecified atom stereocenters. The predicted octanol–water partition coefficient (Wildman–Crippen LogP) is 1.31. The van der Waals surface area contributed by atoms with Crippen molar-refractivity contribution in [1.82, 2.24) is 0 Å². The molecule has 0 atom stereocenters. The first-order valence-electron chi connectivity index (χ1n) is 7.50. The average molecular weight is 392 g/mol. The third-order valence-corrected chi connectivity index (χ3v) is 5.06. The summed E-state index contributed by atoms with van der Waals surface area (Å²) < 4.78 is 43.6. The molecule has 0 aliphatic carbocycles. The van der Waals surface area contributed by atoms with Gasteiger partial charge >= 0.3 is 29.6 Å². The van der Waals surface area contributed by atoms with Gasteiger partial charge in [-0.15, -0.1) is 0 Å². The zero-order valence-corrected chi connectivity index (χ0v) is 18.4. The van der Waals surface area contributed by atoms with Crippen molar-refractivity contribution in [1.29, 1.82) is 0 Å². The number of hydrogen-bond donors (Lipinski definition) is 1. The quantitative estimate of drug-likeness (QED) is 0.566. The van der Waals surface area contributed by atoms with Crippen molar-refractivity contribution in [3.8, 4) is 11.5 Å². The van der Waals surface area contributed by atoms with Crippen molar-refractivity contribution in [2.75, 3.05) is 13.2 Å². The number of aryl methyl sites for hydroxylation is 1. The molecule has 0 saturated heterocycles. The van der Waals surface area contributed by atoms with Crippen LogP contribution in [0.25, 0.3) is 0 Å². The van der Waals surface area contributed by atoms with Crippen LogP contribution in [0.2, 0.25) is 0 Å². The molecule has 8 heteroatoms. The van der Waals surface area contributed by atoms with Crippen LogP contribution >= 0.6 is 11.8 Å². The van der Waals surface area contributed by atoms with Crippen LogP contribution in [0, 0.1) is 6.92 Å². The maximum atomic E-state index is 11.6. The molecule has 0 fully saturated rings. The fourth-order valence-corrected chi connectivity index (χ4v) is 3.61. The summed E-state index contributed by atoms with van der Waals surface area (Å²) in [6, 6.07) is 10.8. The van der Waals surface area contributed by atoms with Crippen LogP contribution in [-0.4, -0.2) is 26.2 Å². The molecular formula is C17H21NaO5S2. The fraction of sp³-hybridized carbons (Fsp3) is 0.294. The van der Waals surface area contributed by atoms with Crippen LogP contribution in [-0.2, 0) is 10.1 Å². The van der Waals surface area contributed by atoms with E-state index in [1.165, 1.54) is 17.8 Å². The minimum absolute atomic E-state index is 0. The van der Waals surface area contributed by atoms with Crippen molar-refractivity contribution < 1.29 is 53.4 Å². The molecule has 2 aromatic carbocycles. The Balaban J connectivity index is 0.00000312. The van der Waals surface area contributed by atoms with Gasteiger partial charge in [-0.25, -0.2) is 0 Å². The standard InChI is InChI=1S/C17H20O5S2.Na.H/c1-4-21-14-11-17(24(18,19)20)15(22-5-2)10-16(14)23-13-8-6-12(3)7-9-13;;/h6-11H,4-5H2,1-3H3,(H,18,19,20);;/q;+1;-1. The second-order valence-corrected chi connectivity index (χ2v) is 7.51. The van der Waals surface area contributed by atoms with Gasteiger partial charge in [0, 0.05) is 11.0 Å². The summed E-state index contributed by atoms with van der Waals surface area (Å²) in [7, 11) is -4.41. The summed E-state index contributed by atoms with van der Waals surface area (Å²) in [6.45, 7) is 6.22. The van der Waals surface area contributed by atoms with Crippen LogP contribution in [0.4, 0.5) is 0 Å². The summed E-state index contributed by atoms with van der Waals surface area (Å²) >= 11 is 1.44. The molecule has 0 spiro atoms. The second-order valence-electron chi connectivity index (χ2n) is 5.00. The largest absolute Gasteiger partial charge is 1.00 e. The van der Waals surface area contributed by atoms with Crippen molar-refractivity contribution in [3.05, 3.63) is 42.0 Å². The van der Waals surface area contributed by atoms with Gasteiger partial charge in [-0.2, -0.15) is 8.42 Å². The SMILES string of the molecule is CCOc1cc(S(=O)(=O)O)c(OCC)cc1Sc1ccc(C)cc1.[H-].[Na+]. The molecule has 5 nitrogen and oxygen atoms in total. The van der Waals surface area contributed by atoms with Gasteiger partial charge in [-0.05, 0) is 39.0 Å². The first-order chi connectivity index (χ1) is 11.3. The molecule has 2 rings (SSSR count). The van der Waals surface area contributed by atoms with Crippen LogP contribution in [0.3, 0.4) is 0 Å². The minimum atomic E-state index is -4.41. The van der Waals surface area contributed by atoms with E-state index in [1.54, 1.807) is 13.0 Å². The summed E-state index contributed by atoms with van der Waals surface area (Å²) in [4.78, 5) is 1.42. The van der Waals surface area contributed by atoms with Crippen molar-refractivity contribution >= 4 is 21.9 Å². The Hall–Kier alpha value is -0.700. The van der Waals surface area contributed by atoms with Gasteiger partial charge in [0.1, 0.15) is 16.4 Å². The molecule has 0 amide bonds. The van der Waals surface area contributed by atoms with E-state index in [0.29, 0.717) is 12.4 Å². The zero-order chi connectivity index (χ0) is 17.7. The monoisotopic (exact) mass is 392 g/mol. The Morgan fingerprint density at radius 3 is 2.12 bits per heavy atom. The van der Waals surface area contributed by atoms with Crippen LogP contribution in [0.5, 0.6) is 11.5 Å². The van der Waals surface area contributed by atoms with Gasteiger partial charge in [0.2, 0.25) is 0 Å². The smallest absolute Gasteiger partial charge is 1.00 e. The van der Waals surface area contributed by atoms with Gasteiger partial charge in [0.25, 0.3) is 10.1 Å². The number of hydrogen-bond acceptors (Lipinski definition) is 5. The summed E-state index contributed by atoms with van der Waals surface area (Å²) in [5.41, 5.74) is 1.15. The van der Waals surface area contributed by atoms with Crippen molar-refractivity contribution in [2.24, 2.45) is 0 Å². The molecule has 1 N–H and O–H groups in total. The van der Waals surface area contributed by atoms with E-state index in [-0.39, 0.29) is 48.2 Å². The van der Waals surface area contributed by atoms with Gasteiger partial charge in [-0.1, -0.05) is 29.5 Å². The number of rotatable bonds is 7. The topological polar surface area (TPSA) is 72.8 Å². The Kier molecular flexibility index (Phi) is 8.80. The first-order valence-corrected chi connectivity index (χ1v) is 9.76. The molecular weight excluding hydrogens is 371 g/mol. The molecule has 0 aliphatic rings. The van der Waals surface area contributed by atoms with E-state index in [1.807, 2.05) is 38.1 Å². The van der Waals surface area contributed by atoms with Gasteiger partial charge in [0.15, 0.2) is 0 Å². The van der Waals surface area contributed by atoms with Crippen LogP contribution in [0.15, 0.2) is 51.1 Å². The third kappa shape index (κ3) is 6.20. The molecule has 25 heavy (non-hydrogen) atoms. The van der Waals surface area contributed by atoms with E-state index in [4.69, 9.17) is 9.47 Å². The van der Waals surface area contributed by atoms with E-state index in [9.17, 15) is 13.0 Å². The van der Waals surface area contributed by atoms with E-state index < -0.39 is 10.1 Å². The Morgan fingerprint density at radius 1 is 1.04 bits per heavy atom. The normalized spacial score (nSPS) is 10.9. The summed E-state index contributed by atoms with van der Waals surface area (Å²) in [5, 5.41) is 0. The molecule has 0 aliphatic heterocycles. The Bertz CT molecular complexity index is 811. The molecule has 132 valence electrons. The average Bonchev–Trinajstić information content (AvgIpc) is 2.51. The van der Waals surface area contributed by atoms with E-state index in [0.717, 1.165) is 15.4 Å². The number of benzene rings is 2. The summed E-state index contributed by atoms with van der Waals surface area (Å²) in [6.07, 6.45) is 0. The molecule has 2 aromatic rings. The van der Waals surface area contributed by atoms with Crippen LogP contribution < -0.4 is 39.0 Å². The second kappa shape index (κ2) is 9.85. The molecule has 0 bridgehead atoms. The minimum Gasteiger partial charge on any atom is -1.00 e. The van der Waals surface area contributed by atoms with Crippen molar-refractivity contribution in [2.45, 2.75) is 35.5 Å². The maximum Gasteiger partial charge on any atom is 1.00 e. The fourth-order valence-electron chi connectivity index (χ4n) is 2.07. The van der Waals surface area contributed by atoms with Crippen LogP contribution in [0.1, 0.15) is 20.8 Å². The molecule has 0 heterocycles. The van der Waals surface area contributed by atoms with Gasteiger partial charge in [-0.3, -0.25) is 4.55 Å². The van der Waals surface area contributed by atoms with E-state index >= 15 is 0 Å². The van der Waals surface area contributed by atoms with E-state index in [2.05, 4.69) is 0 Å². The molecule has 0 radical (unpaired) electrons. The first kappa shape index (κ1) is 22.3.